The Bertz CT molecular complexity index is 1350. The average molecular weight is 510 g/mol. The van der Waals surface area contributed by atoms with Gasteiger partial charge in [-0.15, -0.1) is 0 Å². The summed E-state index contributed by atoms with van der Waals surface area (Å²) in [5.74, 6) is -1.66. The van der Waals surface area contributed by atoms with Gasteiger partial charge in [0.2, 0.25) is 0 Å². The maximum absolute atomic E-state index is 13.7. The van der Waals surface area contributed by atoms with Crippen molar-refractivity contribution in [3.63, 3.8) is 0 Å². The lowest BCUT2D eigenvalue weighted by Gasteiger charge is -2.28. The van der Waals surface area contributed by atoms with Crippen molar-refractivity contribution in [1.29, 1.82) is 5.26 Å². The number of nitriles is 1. The fourth-order valence-corrected chi connectivity index (χ4v) is 5.27. The van der Waals surface area contributed by atoms with Crippen LogP contribution in [0.5, 0.6) is 0 Å². The number of ether oxygens (including phenoxy) is 2. The Balaban J connectivity index is 1.26. The van der Waals surface area contributed by atoms with Crippen molar-refractivity contribution >= 4 is 11.8 Å². The SMILES string of the molecule is CC1(C)OC(C(=O)NCc2ccc(-c3ccccc3C#N)cc2)[C@H](C(=O)N2CCCC2c2ccccc2)O1. The predicted octanol–water partition coefficient (Wildman–Crippen LogP) is 4.73. The molecule has 2 aliphatic heterocycles. The van der Waals surface area contributed by atoms with Gasteiger partial charge in [0, 0.05) is 13.1 Å². The molecule has 1 N–H and O–H groups in total. The Morgan fingerprint density at radius 1 is 0.974 bits per heavy atom. The first kappa shape index (κ1) is 25.7. The van der Waals surface area contributed by atoms with E-state index in [1.807, 2.05) is 77.7 Å². The van der Waals surface area contributed by atoms with Crippen LogP contribution in [0, 0.1) is 11.3 Å². The zero-order chi connectivity index (χ0) is 26.7. The molecule has 2 amide bonds. The molecule has 2 saturated heterocycles. The molecule has 5 rings (SSSR count). The predicted molar refractivity (Wildman–Crippen MR) is 142 cm³/mol. The van der Waals surface area contributed by atoms with Crippen molar-refractivity contribution in [3.05, 3.63) is 95.6 Å². The second-order valence-electron chi connectivity index (χ2n) is 10.1. The Morgan fingerprint density at radius 3 is 2.39 bits per heavy atom. The molecule has 0 spiro atoms. The minimum atomic E-state index is -1.06. The maximum Gasteiger partial charge on any atom is 0.255 e. The zero-order valence-corrected chi connectivity index (χ0v) is 21.6. The lowest BCUT2D eigenvalue weighted by molar-refractivity contribution is -0.163. The average Bonchev–Trinajstić information content (AvgIpc) is 3.56. The molecule has 0 aliphatic carbocycles. The number of nitrogens with one attached hydrogen (secondary N) is 1. The van der Waals surface area contributed by atoms with Gasteiger partial charge in [-0.1, -0.05) is 72.8 Å². The summed E-state index contributed by atoms with van der Waals surface area (Å²) < 4.78 is 11.9. The van der Waals surface area contributed by atoms with Crippen molar-refractivity contribution in [2.24, 2.45) is 0 Å². The lowest BCUT2D eigenvalue weighted by Crippen LogP contribution is -2.49. The molecule has 2 fully saturated rings. The summed E-state index contributed by atoms with van der Waals surface area (Å²) in [6.45, 7) is 4.33. The van der Waals surface area contributed by atoms with Gasteiger partial charge in [0.1, 0.15) is 0 Å². The van der Waals surface area contributed by atoms with E-state index in [1.54, 1.807) is 19.9 Å². The Labute approximate surface area is 223 Å². The van der Waals surface area contributed by atoms with Crippen molar-refractivity contribution in [2.75, 3.05) is 6.54 Å². The molecular formula is C31H31N3O4. The van der Waals surface area contributed by atoms with Crippen LogP contribution in [0.15, 0.2) is 78.9 Å². The van der Waals surface area contributed by atoms with E-state index in [0.29, 0.717) is 12.1 Å². The van der Waals surface area contributed by atoms with Crippen LogP contribution < -0.4 is 5.32 Å². The summed E-state index contributed by atoms with van der Waals surface area (Å²) in [4.78, 5) is 28.7. The normalized spacial score (nSPS) is 22.1. The van der Waals surface area contributed by atoms with Crippen LogP contribution in [-0.2, 0) is 25.6 Å². The molecule has 194 valence electrons. The van der Waals surface area contributed by atoms with Gasteiger partial charge in [0.05, 0.1) is 17.7 Å². The molecule has 3 atom stereocenters. The number of hydrogen-bond acceptors (Lipinski definition) is 5. The van der Waals surface area contributed by atoms with Crippen molar-refractivity contribution in [3.8, 4) is 17.2 Å². The smallest absolute Gasteiger partial charge is 0.255 e. The van der Waals surface area contributed by atoms with E-state index >= 15 is 0 Å². The summed E-state index contributed by atoms with van der Waals surface area (Å²) in [5.41, 5.74) is 4.37. The quantitative estimate of drug-likeness (QED) is 0.519. The molecule has 2 heterocycles. The van der Waals surface area contributed by atoms with E-state index in [2.05, 4.69) is 11.4 Å². The molecule has 7 nitrogen and oxygen atoms in total. The number of benzene rings is 3. The molecule has 0 radical (unpaired) electrons. The van der Waals surface area contributed by atoms with Crippen LogP contribution in [0.3, 0.4) is 0 Å². The molecular weight excluding hydrogens is 478 g/mol. The molecule has 3 aromatic rings. The monoisotopic (exact) mass is 509 g/mol. The van der Waals surface area contributed by atoms with Crippen molar-refractivity contribution in [2.45, 2.75) is 57.3 Å². The van der Waals surface area contributed by atoms with E-state index in [-0.39, 0.29) is 24.4 Å². The number of amides is 2. The fraction of sp³-hybridized carbons (Fsp3) is 0.323. The highest BCUT2D eigenvalue weighted by Crippen LogP contribution is 2.36. The summed E-state index contributed by atoms with van der Waals surface area (Å²) >= 11 is 0. The van der Waals surface area contributed by atoms with Crippen LogP contribution in [-0.4, -0.2) is 41.3 Å². The van der Waals surface area contributed by atoms with Gasteiger partial charge in [-0.25, -0.2) is 0 Å². The number of carbonyl (C=O) groups is 2. The minimum Gasteiger partial charge on any atom is -0.350 e. The molecule has 3 aromatic carbocycles. The van der Waals surface area contributed by atoms with Gasteiger partial charge in [-0.2, -0.15) is 5.26 Å². The van der Waals surface area contributed by atoms with Crippen LogP contribution >= 0.6 is 0 Å². The van der Waals surface area contributed by atoms with Gasteiger partial charge in [-0.3, -0.25) is 9.59 Å². The minimum absolute atomic E-state index is 0.0376. The molecule has 0 saturated carbocycles. The topological polar surface area (TPSA) is 91.7 Å². The third-order valence-corrected chi connectivity index (χ3v) is 7.10. The van der Waals surface area contributed by atoms with E-state index in [4.69, 9.17) is 9.47 Å². The first-order valence-electron chi connectivity index (χ1n) is 12.9. The molecule has 7 heteroatoms. The summed E-state index contributed by atoms with van der Waals surface area (Å²) in [7, 11) is 0. The standard InChI is InChI=1S/C31H31N3O4/c1-31(2)37-27(28(38-31)30(36)34-18-8-13-26(34)23-9-4-3-5-10-23)29(35)33-20-21-14-16-22(17-15-21)25-12-7-6-11-24(25)19-32/h3-7,9-12,14-17,26-28H,8,13,18,20H2,1-2H3,(H,33,35)/t26?,27?,28-/m1/s1. The number of hydrogen-bond donors (Lipinski definition) is 1. The van der Waals surface area contributed by atoms with Crippen LogP contribution in [0.2, 0.25) is 0 Å². The Hall–Kier alpha value is -3.99. The van der Waals surface area contributed by atoms with Gasteiger partial charge in [-0.05, 0) is 55.0 Å². The first-order chi connectivity index (χ1) is 18.4. The maximum atomic E-state index is 13.7. The second kappa shape index (κ2) is 10.8. The van der Waals surface area contributed by atoms with Gasteiger partial charge in [0.25, 0.3) is 11.8 Å². The van der Waals surface area contributed by atoms with E-state index in [9.17, 15) is 14.9 Å². The molecule has 2 aliphatic rings. The van der Waals surface area contributed by atoms with E-state index in [0.717, 1.165) is 35.1 Å². The van der Waals surface area contributed by atoms with E-state index < -0.39 is 18.0 Å². The Morgan fingerprint density at radius 2 is 1.66 bits per heavy atom. The third kappa shape index (κ3) is 5.33. The Kier molecular flexibility index (Phi) is 7.28. The molecule has 0 bridgehead atoms. The van der Waals surface area contributed by atoms with Crippen LogP contribution in [0.25, 0.3) is 11.1 Å². The number of rotatable bonds is 6. The third-order valence-electron chi connectivity index (χ3n) is 7.10. The van der Waals surface area contributed by atoms with Crippen molar-refractivity contribution < 1.29 is 19.1 Å². The fourth-order valence-electron chi connectivity index (χ4n) is 5.27. The second-order valence-corrected chi connectivity index (χ2v) is 10.1. The number of nitrogens with zero attached hydrogens (tertiary/aromatic N) is 2. The summed E-state index contributed by atoms with van der Waals surface area (Å²) in [5, 5.41) is 12.3. The molecule has 0 aromatic heterocycles. The number of likely N-dealkylation sites (tertiary alicyclic amines) is 1. The summed E-state index contributed by atoms with van der Waals surface area (Å²) in [6, 6.07) is 27.3. The van der Waals surface area contributed by atoms with E-state index in [1.165, 1.54) is 0 Å². The highest BCUT2D eigenvalue weighted by atomic mass is 16.8. The summed E-state index contributed by atoms with van der Waals surface area (Å²) in [6.07, 6.45) is -0.290. The van der Waals surface area contributed by atoms with Crippen LogP contribution in [0.1, 0.15) is 49.4 Å². The molecule has 38 heavy (non-hydrogen) atoms. The largest absolute Gasteiger partial charge is 0.350 e. The zero-order valence-electron chi connectivity index (χ0n) is 21.6. The lowest BCUT2D eigenvalue weighted by atomic mass is 9.99. The number of carbonyl (C=O) groups excluding carboxylic acids is 2. The van der Waals surface area contributed by atoms with Crippen molar-refractivity contribution in [1.82, 2.24) is 10.2 Å². The van der Waals surface area contributed by atoms with Crippen LogP contribution in [0.4, 0.5) is 0 Å². The molecule has 2 unspecified atom stereocenters. The van der Waals surface area contributed by atoms with Gasteiger partial charge < -0.3 is 19.7 Å². The van der Waals surface area contributed by atoms with Gasteiger partial charge in [0.15, 0.2) is 18.0 Å². The highest BCUT2D eigenvalue weighted by molar-refractivity contribution is 5.92. The highest BCUT2D eigenvalue weighted by Gasteiger charge is 2.51. The first-order valence-corrected chi connectivity index (χ1v) is 12.9. The van der Waals surface area contributed by atoms with Gasteiger partial charge >= 0.3 is 0 Å².